The van der Waals surface area contributed by atoms with Crippen molar-refractivity contribution in [3.8, 4) is 5.75 Å². The third kappa shape index (κ3) is 4.04. The van der Waals surface area contributed by atoms with Crippen LogP contribution in [0.5, 0.6) is 5.75 Å². The first-order chi connectivity index (χ1) is 13.7. The molecule has 4 aromatic rings. The number of hydrogen-bond donors (Lipinski definition) is 1. The molecule has 0 atom stereocenters. The maximum atomic E-state index is 12.2. The van der Waals surface area contributed by atoms with Gasteiger partial charge in [0.25, 0.3) is 5.91 Å². The van der Waals surface area contributed by atoms with Crippen molar-refractivity contribution < 1.29 is 9.53 Å². The fourth-order valence-corrected chi connectivity index (χ4v) is 3.18. The quantitative estimate of drug-likeness (QED) is 0.546. The number of ether oxygens (including phenoxy) is 1. The van der Waals surface area contributed by atoms with Crippen molar-refractivity contribution in [1.82, 2.24) is 9.78 Å². The van der Waals surface area contributed by atoms with Crippen molar-refractivity contribution in [2.75, 3.05) is 11.9 Å². The molecule has 0 saturated carbocycles. The average Bonchev–Trinajstić information content (AvgIpc) is 3.14. The highest BCUT2D eigenvalue weighted by molar-refractivity contribution is 5.91. The van der Waals surface area contributed by atoms with Gasteiger partial charge in [-0.2, -0.15) is 5.10 Å². The first-order valence-corrected chi connectivity index (χ1v) is 9.16. The molecule has 0 aliphatic carbocycles. The summed E-state index contributed by atoms with van der Waals surface area (Å²) in [6, 6.07) is 22.1. The molecule has 0 bridgehead atoms. The monoisotopic (exact) mass is 371 g/mol. The molecule has 3 aromatic carbocycles. The summed E-state index contributed by atoms with van der Waals surface area (Å²) in [5, 5.41) is 9.60. The van der Waals surface area contributed by atoms with E-state index in [1.807, 2.05) is 60.3 Å². The van der Waals surface area contributed by atoms with Gasteiger partial charge in [-0.15, -0.1) is 0 Å². The number of para-hydroxylation sites is 1. The molecule has 0 fully saturated rings. The zero-order valence-corrected chi connectivity index (χ0v) is 15.6. The minimum absolute atomic E-state index is 0.0423. The standard InChI is InChI=1S/C23H21N3O2/c1-17-7-2-5-12-22(17)28-16-23(27)25-20-13-24-26(15-20)14-19-10-6-9-18-8-3-4-11-21(18)19/h2-13,15H,14,16H2,1H3,(H,25,27). The van der Waals surface area contributed by atoms with Crippen LogP contribution in [-0.4, -0.2) is 22.3 Å². The van der Waals surface area contributed by atoms with Crippen molar-refractivity contribution >= 4 is 22.4 Å². The molecule has 28 heavy (non-hydrogen) atoms. The summed E-state index contributed by atoms with van der Waals surface area (Å²) >= 11 is 0. The van der Waals surface area contributed by atoms with Gasteiger partial charge in [-0.05, 0) is 34.9 Å². The number of fused-ring (bicyclic) bond motifs is 1. The Labute approximate surface area is 163 Å². The Kier molecular flexibility index (Phi) is 5.06. The minimum atomic E-state index is -0.215. The fourth-order valence-electron chi connectivity index (χ4n) is 3.18. The van der Waals surface area contributed by atoms with E-state index >= 15 is 0 Å². The second-order valence-electron chi connectivity index (χ2n) is 6.67. The van der Waals surface area contributed by atoms with Crippen molar-refractivity contribution in [3.63, 3.8) is 0 Å². The van der Waals surface area contributed by atoms with Crippen LogP contribution in [0, 0.1) is 6.92 Å². The molecule has 0 spiro atoms. The number of nitrogens with zero attached hydrogens (tertiary/aromatic N) is 2. The Morgan fingerprint density at radius 3 is 2.71 bits per heavy atom. The van der Waals surface area contributed by atoms with Crippen molar-refractivity contribution in [3.05, 3.63) is 90.3 Å². The van der Waals surface area contributed by atoms with Crippen LogP contribution in [0.1, 0.15) is 11.1 Å². The second-order valence-corrected chi connectivity index (χ2v) is 6.67. The van der Waals surface area contributed by atoms with Gasteiger partial charge in [0.2, 0.25) is 0 Å². The number of hydrogen-bond acceptors (Lipinski definition) is 3. The Balaban J connectivity index is 1.39. The van der Waals surface area contributed by atoms with Crippen LogP contribution < -0.4 is 10.1 Å². The van der Waals surface area contributed by atoms with Crippen LogP contribution in [0.2, 0.25) is 0 Å². The van der Waals surface area contributed by atoms with E-state index < -0.39 is 0 Å². The molecule has 5 heteroatoms. The SMILES string of the molecule is Cc1ccccc1OCC(=O)Nc1cnn(Cc2cccc3ccccc23)c1. The van der Waals surface area contributed by atoms with Gasteiger partial charge in [-0.25, -0.2) is 0 Å². The summed E-state index contributed by atoms with van der Waals surface area (Å²) in [6.07, 6.45) is 3.48. The van der Waals surface area contributed by atoms with Crippen LogP contribution in [-0.2, 0) is 11.3 Å². The number of carbonyl (C=O) groups excluding carboxylic acids is 1. The first kappa shape index (κ1) is 17.8. The number of anilines is 1. The maximum Gasteiger partial charge on any atom is 0.262 e. The van der Waals surface area contributed by atoms with E-state index in [1.165, 1.54) is 16.3 Å². The molecule has 5 nitrogen and oxygen atoms in total. The van der Waals surface area contributed by atoms with Gasteiger partial charge in [-0.3, -0.25) is 9.48 Å². The summed E-state index contributed by atoms with van der Waals surface area (Å²) in [6.45, 7) is 2.54. The Bertz CT molecular complexity index is 1110. The van der Waals surface area contributed by atoms with E-state index in [2.05, 4.69) is 34.7 Å². The smallest absolute Gasteiger partial charge is 0.262 e. The van der Waals surface area contributed by atoms with Crippen LogP contribution in [0.4, 0.5) is 5.69 Å². The lowest BCUT2D eigenvalue weighted by Gasteiger charge is -2.08. The fraction of sp³-hybridized carbons (Fsp3) is 0.130. The van der Waals surface area contributed by atoms with Crippen molar-refractivity contribution in [2.45, 2.75) is 13.5 Å². The molecule has 0 saturated heterocycles. The normalized spacial score (nSPS) is 10.8. The van der Waals surface area contributed by atoms with E-state index in [1.54, 1.807) is 6.20 Å². The molecular weight excluding hydrogens is 350 g/mol. The number of aromatic nitrogens is 2. The van der Waals surface area contributed by atoms with Gasteiger partial charge in [0.1, 0.15) is 5.75 Å². The lowest BCUT2D eigenvalue weighted by atomic mass is 10.0. The largest absolute Gasteiger partial charge is 0.483 e. The molecule has 1 aromatic heterocycles. The molecule has 1 N–H and O–H groups in total. The molecule has 1 amide bonds. The lowest BCUT2D eigenvalue weighted by molar-refractivity contribution is -0.118. The summed E-state index contributed by atoms with van der Waals surface area (Å²) in [4.78, 5) is 12.2. The molecule has 4 rings (SSSR count). The van der Waals surface area contributed by atoms with E-state index in [9.17, 15) is 4.79 Å². The van der Waals surface area contributed by atoms with Crippen LogP contribution >= 0.6 is 0 Å². The molecule has 0 radical (unpaired) electrons. The Morgan fingerprint density at radius 1 is 1.04 bits per heavy atom. The third-order valence-electron chi connectivity index (χ3n) is 4.58. The van der Waals surface area contributed by atoms with Crippen molar-refractivity contribution in [1.29, 1.82) is 0 Å². The van der Waals surface area contributed by atoms with Gasteiger partial charge in [0, 0.05) is 6.20 Å². The first-order valence-electron chi connectivity index (χ1n) is 9.16. The number of aryl methyl sites for hydroxylation is 1. The lowest BCUT2D eigenvalue weighted by Crippen LogP contribution is -2.20. The highest BCUT2D eigenvalue weighted by Crippen LogP contribution is 2.20. The number of amides is 1. The third-order valence-corrected chi connectivity index (χ3v) is 4.58. The highest BCUT2D eigenvalue weighted by Gasteiger charge is 2.08. The topological polar surface area (TPSA) is 56.1 Å². The molecule has 140 valence electrons. The summed E-state index contributed by atoms with van der Waals surface area (Å²) in [5.41, 5.74) is 2.83. The predicted molar refractivity (Wildman–Crippen MR) is 111 cm³/mol. The molecular formula is C23H21N3O2. The highest BCUT2D eigenvalue weighted by atomic mass is 16.5. The minimum Gasteiger partial charge on any atom is -0.483 e. The zero-order valence-electron chi connectivity index (χ0n) is 15.6. The van der Waals surface area contributed by atoms with Gasteiger partial charge in [0.05, 0.1) is 18.4 Å². The van der Waals surface area contributed by atoms with Crippen molar-refractivity contribution in [2.24, 2.45) is 0 Å². The zero-order chi connectivity index (χ0) is 19.3. The molecule has 1 heterocycles. The van der Waals surface area contributed by atoms with Crippen LogP contribution in [0.3, 0.4) is 0 Å². The van der Waals surface area contributed by atoms with E-state index in [0.717, 1.165) is 5.56 Å². The van der Waals surface area contributed by atoms with Gasteiger partial charge in [-0.1, -0.05) is 60.7 Å². The van der Waals surface area contributed by atoms with Crippen LogP contribution in [0.25, 0.3) is 10.8 Å². The second kappa shape index (κ2) is 7.96. The van der Waals surface area contributed by atoms with Crippen LogP contribution in [0.15, 0.2) is 79.1 Å². The molecule has 0 aliphatic rings. The Hall–Kier alpha value is -3.60. The van der Waals surface area contributed by atoms with Gasteiger partial charge in [0.15, 0.2) is 6.61 Å². The molecule has 0 aliphatic heterocycles. The van der Waals surface area contributed by atoms with E-state index in [0.29, 0.717) is 18.0 Å². The Morgan fingerprint density at radius 2 is 1.82 bits per heavy atom. The maximum absolute atomic E-state index is 12.2. The number of benzene rings is 3. The average molecular weight is 371 g/mol. The number of carbonyl (C=O) groups is 1. The number of rotatable bonds is 6. The number of nitrogens with one attached hydrogen (secondary N) is 1. The van der Waals surface area contributed by atoms with E-state index in [-0.39, 0.29) is 12.5 Å². The summed E-state index contributed by atoms with van der Waals surface area (Å²) in [5.74, 6) is 0.497. The predicted octanol–water partition coefficient (Wildman–Crippen LogP) is 4.41. The van der Waals surface area contributed by atoms with Gasteiger partial charge < -0.3 is 10.1 Å². The summed E-state index contributed by atoms with van der Waals surface area (Å²) < 4.78 is 7.40. The van der Waals surface area contributed by atoms with Gasteiger partial charge >= 0.3 is 0 Å². The molecule has 0 unspecified atom stereocenters. The van der Waals surface area contributed by atoms with E-state index in [4.69, 9.17) is 4.74 Å². The summed E-state index contributed by atoms with van der Waals surface area (Å²) in [7, 11) is 0.